The number of pyridine rings is 1. The molecule has 1 aromatic heterocycles. The Hall–Kier alpha value is -2.59. The molecule has 2 aromatic carbocycles. The van der Waals surface area contributed by atoms with Crippen molar-refractivity contribution in [1.29, 1.82) is 0 Å². The van der Waals surface area contributed by atoms with Gasteiger partial charge in [0.15, 0.2) is 0 Å². The molecule has 0 saturated carbocycles. The molecule has 126 valence electrons. The van der Waals surface area contributed by atoms with Gasteiger partial charge in [0.2, 0.25) is 0 Å². The molecule has 0 spiro atoms. The fourth-order valence-electron chi connectivity index (χ4n) is 2.48. The van der Waals surface area contributed by atoms with Crippen molar-refractivity contribution < 1.29 is 4.79 Å². The topological polar surface area (TPSA) is 42.0 Å². The molecule has 0 unspecified atom stereocenters. The molecule has 0 atom stereocenters. The van der Waals surface area contributed by atoms with Gasteiger partial charge in [-0.05, 0) is 60.9 Å². The summed E-state index contributed by atoms with van der Waals surface area (Å²) in [6.07, 6.45) is 3.57. The molecule has 0 fully saturated rings. The van der Waals surface area contributed by atoms with Crippen LogP contribution in [0.2, 0.25) is 0 Å². The van der Waals surface area contributed by atoms with E-state index in [-0.39, 0.29) is 5.91 Å². The molecule has 3 rings (SSSR count). The van der Waals surface area contributed by atoms with E-state index in [0.717, 1.165) is 27.5 Å². The van der Waals surface area contributed by atoms with Gasteiger partial charge in [0.05, 0.1) is 5.56 Å². The number of benzene rings is 2. The van der Waals surface area contributed by atoms with Gasteiger partial charge in [-0.2, -0.15) is 0 Å². The maximum atomic E-state index is 12.8. The van der Waals surface area contributed by atoms with Crippen molar-refractivity contribution in [2.24, 2.45) is 0 Å². The fraction of sp³-hybridized carbons (Fsp3) is 0.143. The third kappa shape index (κ3) is 4.48. The number of nitrogens with zero attached hydrogens (tertiary/aromatic N) is 1. The molecule has 4 heteroatoms. The number of carbonyl (C=O) groups is 1. The summed E-state index contributed by atoms with van der Waals surface area (Å²) in [7, 11) is 0. The summed E-state index contributed by atoms with van der Waals surface area (Å²) in [4.78, 5) is 17.8. The smallest absolute Gasteiger partial charge is 0.256 e. The number of aryl methyl sites for hydroxylation is 2. The first-order valence-electron chi connectivity index (χ1n) is 8.13. The predicted octanol–water partition coefficient (Wildman–Crippen LogP) is 5.24. The van der Waals surface area contributed by atoms with E-state index in [9.17, 15) is 4.79 Å². The Labute approximate surface area is 152 Å². The number of anilines is 1. The lowest BCUT2D eigenvalue weighted by Crippen LogP contribution is -2.14. The maximum absolute atomic E-state index is 12.8. The van der Waals surface area contributed by atoms with E-state index in [0.29, 0.717) is 5.56 Å². The van der Waals surface area contributed by atoms with Crippen LogP contribution in [0.1, 0.15) is 27.0 Å². The quantitative estimate of drug-likeness (QED) is 0.641. The van der Waals surface area contributed by atoms with E-state index in [1.807, 2.05) is 68.4 Å². The van der Waals surface area contributed by atoms with Crippen LogP contribution in [0.15, 0.2) is 71.9 Å². The van der Waals surface area contributed by atoms with Crippen molar-refractivity contribution in [3.63, 3.8) is 0 Å². The number of nitrogens with one attached hydrogen (secondary N) is 1. The molecule has 0 aliphatic rings. The van der Waals surface area contributed by atoms with Gasteiger partial charge in [-0.3, -0.25) is 9.78 Å². The van der Waals surface area contributed by atoms with Gasteiger partial charge in [-0.15, -0.1) is 11.8 Å². The highest BCUT2D eigenvalue weighted by Gasteiger charge is 2.13. The molecule has 0 aliphatic heterocycles. The summed E-state index contributed by atoms with van der Waals surface area (Å²) >= 11 is 1.66. The average Bonchev–Trinajstić information content (AvgIpc) is 2.64. The predicted molar refractivity (Wildman–Crippen MR) is 104 cm³/mol. The molecular formula is C21H20N2OS. The van der Waals surface area contributed by atoms with Gasteiger partial charge >= 0.3 is 0 Å². The minimum absolute atomic E-state index is 0.0773. The molecule has 0 saturated heterocycles. The van der Waals surface area contributed by atoms with Crippen molar-refractivity contribution in [2.75, 3.05) is 5.32 Å². The van der Waals surface area contributed by atoms with Gasteiger partial charge in [-0.25, -0.2) is 0 Å². The second-order valence-electron chi connectivity index (χ2n) is 5.91. The standard InChI is InChI=1S/C21H20N2OS/c1-15-7-8-16(2)19(13-15)23-21(24)18-5-3-4-6-20(18)25-14-17-9-11-22-12-10-17/h3-13H,14H2,1-2H3,(H,23,24). The fourth-order valence-corrected chi connectivity index (χ4v) is 3.49. The van der Waals surface area contributed by atoms with Crippen LogP contribution in [0.3, 0.4) is 0 Å². The highest BCUT2D eigenvalue weighted by atomic mass is 32.2. The van der Waals surface area contributed by atoms with Crippen molar-refractivity contribution >= 4 is 23.4 Å². The van der Waals surface area contributed by atoms with E-state index < -0.39 is 0 Å². The monoisotopic (exact) mass is 348 g/mol. The van der Waals surface area contributed by atoms with E-state index in [1.54, 1.807) is 24.2 Å². The SMILES string of the molecule is Cc1ccc(C)c(NC(=O)c2ccccc2SCc2ccncc2)c1. The summed E-state index contributed by atoms with van der Waals surface area (Å²) < 4.78 is 0. The summed E-state index contributed by atoms with van der Waals surface area (Å²) in [5.74, 6) is 0.725. The minimum Gasteiger partial charge on any atom is -0.322 e. The number of amides is 1. The van der Waals surface area contributed by atoms with Crippen LogP contribution in [0, 0.1) is 13.8 Å². The number of carbonyl (C=O) groups excluding carboxylic acids is 1. The van der Waals surface area contributed by atoms with Crippen molar-refractivity contribution in [3.8, 4) is 0 Å². The summed E-state index contributed by atoms with van der Waals surface area (Å²) in [5, 5.41) is 3.04. The first kappa shape index (κ1) is 17.2. The van der Waals surface area contributed by atoms with Gasteiger partial charge in [-0.1, -0.05) is 24.3 Å². The zero-order chi connectivity index (χ0) is 17.6. The maximum Gasteiger partial charge on any atom is 0.256 e. The Kier molecular flexibility index (Phi) is 5.51. The molecule has 25 heavy (non-hydrogen) atoms. The normalized spacial score (nSPS) is 10.5. The first-order valence-corrected chi connectivity index (χ1v) is 9.11. The molecule has 0 bridgehead atoms. The Morgan fingerprint density at radius 3 is 2.60 bits per heavy atom. The lowest BCUT2D eigenvalue weighted by Gasteiger charge is -2.12. The number of rotatable bonds is 5. The lowest BCUT2D eigenvalue weighted by atomic mass is 10.1. The van der Waals surface area contributed by atoms with Gasteiger partial charge in [0.25, 0.3) is 5.91 Å². The van der Waals surface area contributed by atoms with Crippen molar-refractivity contribution in [2.45, 2.75) is 24.5 Å². The Morgan fingerprint density at radius 2 is 1.80 bits per heavy atom. The van der Waals surface area contributed by atoms with Crippen molar-refractivity contribution in [1.82, 2.24) is 4.98 Å². The molecule has 1 heterocycles. The van der Waals surface area contributed by atoms with E-state index in [2.05, 4.69) is 10.3 Å². The van der Waals surface area contributed by atoms with Crippen LogP contribution in [0.25, 0.3) is 0 Å². The van der Waals surface area contributed by atoms with Crippen LogP contribution >= 0.6 is 11.8 Å². The number of hydrogen-bond acceptors (Lipinski definition) is 3. The third-order valence-corrected chi connectivity index (χ3v) is 5.06. The highest BCUT2D eigenvalue weighted by molar-refractivity contribution is 7.98. The summed E-state index contributed by atoms with van der Waals surface area (Å²) in [5.41, 5.74) is 4.92. The Balaban J connectivity index is 1.77. The molecular weight excluding hydrogens is 328 g/mol. The van der Waals surface area contributed by atoms with Crippen LogP contribution < -0.4 is 5.32 Å². The van der Waals surface area contributed by atoms with E-state index >= 15 is 0 Å². The average molecular weight is 348 g/mol. The lowest BCUT2D eigenvalue weighted by molar-refractivity contribution is 0.102. The molecule has 3 nitrogen and oxygen atoms in total. The molecule has 3 aromatic rings. The largest absolute Gasteiger partial charge is 0.322 e. The van der Waals surface area contributed by atoms with Gasteiger partial charge in [0.1, 0.15) is 0 Å². The minimum atomic E-state index is -0.0773. The Morgan fingerprint density at radius 1 is 1.04 bits per heavy atom. The molecule has 1 amide bonds. The molecule has 1 N–H and O–H groups in total. The van der Waals surface area contributed by atoms with Crippen LogP contribution in [-0.2, 0) is 5.75 Å². The number of thioether (sulfide) groups is 1. The van der Waals surface area contributed by atoms with E-state index in [1.165, 1.54) is 5.56 Å². The zero-order valence-corrected chi connectivity index (χ0v) is 15.1. The number of aromatic nitrogens is 1. The molecule has 0 radical (unpaired) electrons. The second kappa shape index (κ2) is 7.99. The van der Waals surface area contributed by atoms with Crippen LogP contribution in [-0.4, -0.2) is 10.9 Å². The first-order chi connectivity index (χ1) is 12.1. The second-order valence-corrected chi connectivity index (χ2v) is 6.93. The Bertz CT molecular complexity index is 878. The third-order valence-electron chi connectivity index (χ3n) is 3.92. The van der Waals surface area contributed by atoms with Gasteiger partial charge in [0, 0.05) is 28.7 Å². The zero-order valence-electron chi connectivity index (χ0n) is 14.3. The number of hydrogen-bond donors (Lipinski definition) is 1. The van der Waals surface area contributed by atoms with Crippen molar-refractivity contribution in [3.05, 3.63) is 89.2 Å². The summed E-state index contributed by atoms with van der Waals surface area (Å²) in [6, 6.07) is 17.8. The molecule has 0 aliphatic carbocycles. The van der Waals surface area contributed by atoms with E-state index in [4.69, 9.17) is 0 Å². The van der Waals surface area contributed by atoms with Gasteiger partial charge < -0.3 is 5.32 Å². The van der Waals surface area contributed by atoms with Crippen LogP contribution in [0.5, 0.6) is 0 Å². The van der Waals surface area contributed by atoms with Crippen LogP contribution in [0.4, 0.5) is 5.69 Å². The summed E-state index contributed by atoms with van der Waals surface area (Å²) in [6.45, 7) is 4.02. The highest BCUT2D eigenvalue weighted by Crippen LogP contribution is 2.27.